The minimum absolute atomic E-state index is 0.0995. The Bertz CT molecular complexity index is 4740. The van der Waals surface area contributed by atoms with E-state index in [9.17, 15) is 17.6 Å². The number of rotatable bonds is 16. The van der Waals surface area contributed by atoms with Gasteiger partial charge >= 0.3 is 0 Å². The van der Waals surface area contributed by atoms with Crippen molar-refractivity contribution in [3.05, 3.63) is 332 Å². The Labute approximate surface area is 758 Å². The van der Waals surface area contributed by atoms with Crippen molar-refractivity contribution in [2.24, 2.45) is 53.3 Å². The predicted molar refractivity (Wildman–Crippen MR) is 520 cm³/mol. The molecule has 20 rings (SSSR count). The van der Waals surface area contributed by atoms with E-state index < -0.39 is 11.6 Å². The predicted octanol–water partition coefficient (Wildman–Crippen LogP) is 33.8. The molecule has 0 amide bonds. The molecule has 10 aromatic rings. The Morgan fingerprint density at radius 3 is 1.34 bits per heavy atom. The second-order valence-corrected chi connectivity index (χ2v) is 41.0. The van der Waals surface area contributed by atoms with Gasteiger partial charge in [-0.1, -0.05) is 311 Å². The fraction of sp³-hybridized carbons (Fsp3) is 0.491. The van der Waals surface area contributed by atoms with E-state index in [0.717, 1.165) is 100 Å². The molecule has 0 saturated heterocycles. The maximum atomic E-state index is 13.1. The van der Waals surface area contributed by atoms with E-state index in [0.29, 0.717) is 46.2 Å². The molecule has 0 bridgehead atoms. The number of hydrogen-bond donors (Lipinski definition) is 0. The standard InChI is InChI=1S/C13H16F2.C13H17F.C13H18.C12H16.C11H12O2.C11H16O.C10H11Cl.C9H11N.C7H7F.C7H8.2C5H10/c1-9(2)8-13(5-6-13)10-3-4-11(14)12(15)7-10;1-10(2)9-13(6-7-13)11-4-3-5-12(14)8-11;1-10(2)13-9-12(13)8-11-6-4-3-5-7-11;1-9(2)11-8-12(11)10-6-4-3-5-7-10;1-11(4-5-11)8-2-3-9-10(6-8)13-7-12-9;1-8(2)11-7-10(12-4)6-5-9(11)3;1-10(6-7-10)8-2-4-9(11)5-3-8;1-9(4-5-9)8-3-2-6-10-7-8;1-6-3-2-4-7(8)5-6;1-7-5-3-2-4-6-7;2*1-5-3-2-4-5/h3-4,7,9H,5-6,8H2,1-2H3;3-5,8,10H,6-7,9H2,1-2H3;3-7,10,12-13H,8-9H2,1-2H3;3-7,9,11-12H,8H2,1-2H3;2-3,6H,4-5,7H2,1H3;5-8H,1-4H3;2-5H,6-7H2,1H3;2-3,6-7H,4-5H2,1H3;2-5H,1H3;2-6H,1H3;2*5H,2-4H2,1H3. The third-order valence-electron chi connectivity index (χ3n) is 27.2. The fourth-order valence-corrected chi connectivity index (χ4v) is 17.1. The molecule has 4 nitrogen and oxygen atoms in total. The number of halogens is 5. The number of pyridine rings is 1. The SMILES string of the molecule is CC(C)C1CC1Cc1ccccc1.CC(C)C1CC1c1ccccc1.CC(C)CC1(c2ccc(F)c(F)c2)CC1.CC(C)CC1(c2cccc(F)c2)CC1.CC1(c2ccc(Cl)cc2)CC1.CC1(c2ccc3c(c2)OCO3)CC1.CC1(c2cccnc2)CC1.CC1CCC1.CC1CCC1.COc1ccc(C)c(C(C)C)c1.Cc1cccc(F)c1.Cc1ccccc1. The first-order valence-corrected chi connectivity index (χ1v) is 47.8. The summed E-state index contributed by atoms with van der Waals surface area (Å²) in [4.78, 5) is 4.09. The first-order valence-electron chi connectivity index (χ1n) is 47.4. The third kappa shape index (κ3) is 33.9. The van der Waals surface area contributed by atoms with E-state index >= 15 is 0 Å². The highest BCUT2D eigenvalue weighted by molar-refractivity contribution is 6.30. The molecule has 1 aromatic heterocycles. The van der Waals surface area contributed by atoms with Crippen LogP contribution >= 0.6 is 11.6 Å². The van der Waals surface area contributed by atoms with Gasteiger partial charge in [-0.2, -0.15) is 0 Å². The molecule has 674 valence electrons. The van der Waals surface area contributed by atoms with Gasteiger partial charge in [-0.25, -0.2) is 17.6 Å². The van der Waals surface area contributed by atoms with Gasteiger partial charge < -0.3 is 14.2 Å². The number of hydrogen-bond acceptors (Lipinski definition) is 4. The molecule has 125 heavy (non-hydrogen) atoms. The van der Waals surface area contributed by atoms with Crippen LogP contribution < -0.4 is 14.2 Å². The van der Waals surface area contributed by atoms with Gasteiger partial charge in [-0.05, 0) is 344 Å². The maximum Gasteiger partial charge on any atom is 0.231 e. The molecular weight excluding hydrogens is 1570 g/mol. The minimum atomic E-state index is -0.751. The average molecular weight is 1720 g/mol. The number of aryl methyl sites for hydroxylation is 3. The van der Waals surface area contributed by atoms with E-state index in [1.165, 1.54) is 196 Å². The molecule has 2 heterocycles. The van der Waals surface area contributed by atoms with Crippen molar-refractivity contribution in [3.8, 4) is 17.2 Å². The highest BCUT2D eigenvalue weighted by atomic mass is 35.5. The molecule has 9 aromatic carbocycles. The molecule has 9 fully saturated rings. The number of ether oxygens (including phenoxy) is 3. The van der Waals surface area contributed by atoms with Gasteiger partial charge in [0.05, 0.1) is 7.11 Å². The first kappa shape index (κ1) is 100. The summed E-state index contributed by atoms with van der Waals surface area (Å²) in [5.41, 5.74) is 16.3. The summed E-state index contributed by atoms with van der Waals surface area (Å²) < 4.78 is 66.9. The molecule has 0 spiro atoms. The Balaban J connectivity index is 0.000000156. The van der Waals surface area contributed by atoms with Gasteiger partial charge in [-0.15, -0.1) is 0 Å². The molecule has 4 unspecified atom stereocenters. The van der Waals surface area contributed by atoms with Crippen molar-refractivity contribution in [2.45, 2.75) is 298 Å². The van der Waals surface area contributed by atoms with Crippen molar-refractivity contribution in [3.63, 3.8) is 0 Å². The van der Waals surface area contributed by atoms with E-state index in [2.05, 4.69) is 244 Å². The van der Waals surface area contributed by atoms with Crippen LogP contribution in [0.2, 0.25) is 5.02 Å². The molecule has 1 aliphatic heterocycles. The van der Waals surface area contributed by atoms with Crippen LogP contribution in [0.4, 0.5) is 17.6 Å². The highest BCUT2D eigenvalue weighted by Gasteiger charge is 2.47. The lowest BCUT2D eigenvalue weighted by Gasteiger charge is -2.18. The smallest absolute Gasteiger partial charge is 0.231 e. The summed E-state index contributed by atoms with van der Waals surface area (Å²) in [5.74, 6) is 10.5. The lowest BCUT2D eigenvalue weighted by Crippen LogP contribution is -2.10. The van der Waals surface area contributed by atoms with E-state index in [-0.39, 0.29) is 17.0 Å². The molecule has 10 aliphatic rings. The zero-order valence-electron chi connectivity index (χ0n) is 79.6. The quantitative estimate of drug-likeness (QED) is 0.0904. The van der Waals surface area contributed by atoms with Crippen LogP contribution in [0.25, 0.3) is 0 Å². The molecule has 9 heteroatoms. The Morgan fingerprint density at radius 1 is 0.440 bits per heavy atom. The fourth-order valence-electron chi connectivity index (χ4n) is 17.0. The van der Waals surface area contributed by atoms with Gasteiger partial charge in [0.15, 0.2) is 23.1 Å². The van der Waals surface area contributed by atoms with Crippen molar-refractivity contribution < 1.29 is 31.8 Å². The summed E-state index contributed by atoms with van der Waals surface area (Å²) in [6, 6.07) is 74.9. The molecule has 9 aliphatic carbocycles. The monoisotopic (exact) mass is 1720 g/mol. The van der Waals surface area contributed by atoms with Crippen molar-refractivity contribution >= 4 is 11.6 Å². The third-order valence-corrected chi connectivity index (χ3v) is 27.4. The Hall–Kier alpha value is -8.46. The topological polar surface area (TPSA) is 40.6 Å². The minimum Gasteiger partial charge on any atom is -0.497 e. The zero-order valence-corrected chi connectivity index (χ0v) is 80.3. The van der Waals surface area contributed by atoms with Crippen LogP contribution in [0.1, 0.15) is 305 Å². The number of benzene rings is 9. The van der Waals surface area contributed by atoms with Crippen molar-refractivity contribution in [1.82, 2.24) is 4.98 Å². The molecular formula is C116H152ClF4NO3. The molecule has 4 atom stereocenters. The largest absolute Gasteiger partial charge is 0.497 e. The van der Waals surface area contributed by atoms with Crippen LogP contribution in [0.15, 0.2) is 243 Å². The van der Waals surface area contributed by atoms with Crippen molar-refractivity contribution in [2.75, 3.05) is 13.9 Å². The second kappa shape index (κ2) is 48.1. The van der Waals surface area contributed by atoms with Gasteiger partial charge in [-0.3, -0.25) is 4.98 Å². The van der Waals surface area contributed by atoms with E-state index in [4.69, 9.17) is 25.8 Å². The lowest BCUT2D eigenvalue weighted by molar-refractivity contribution is 0.174. The van der Waals surface area contributed by atoms with Gasteiger partial charge in [0, 0.05) is 17.4 Å². The summed E-state index contributed by atoms with van der Waals surface area (Å²) in [6.07, 6.45) is 31.7. The normalized spacial score (nSPS) is 19.4. The Kier molecular flexibility index (Phi) is 38.6. The van der Waals surface area contributed by atoms with Crippen LogP contribution in [-0.4, -0.2) is 18.9 Å². The number of nitrogens with zero attached hydrogens (tertiary/aromatic N) is 1. The van der Waals surface area contributed by atoms with E-state index in [1.807, 2.05) is 80.0 Å². The second-order valence-electron chi connectivity index (χ2n) is 40.6. The molecule has 0 radical (unpaired) electrons. The summed E-state index contributed by atoms with van der Waals surface area (Å²) in [5, 5.41) is 0.831. The Morgan fingerprint density at radius 2 is 0.920 bits per heavy atom. The zero-order chi connectivity index (χ0) is 90.5. The number of fused-ring (bicyclic) bond motifs is 1. The first-order chi connectivity index (χ1) is 59.6. The lowest BCUT2D eigenvalue weighted by atomic mass is 9.87. The molecule has 9 saturated carbocycles. The van der Waals surface area contributed by atoms with Gasteiger partial charge in [0.2, 0.25) is 6.79 Å². The van der Waals surface area contributed by atoms with Crippen molar-refractivity contribution in [1.29, 1.82) is 0 Å². The summed E-state index contributed by atoms with van der Waals surface area (Å²) in [6.45, 7) is 40.5. The van der Waals surface area contributed by atoms with Gasteiger partial charge in [0.25, 0.3) is 0 Å². The van der Waals surface area contributed by atoms with E-state index in [1.54, 1.807) is 25.3 Å². The average Bonchev–Trinajstić information content (AvgIpc) is 1.78. The van der Waals surface area contributed by atoms with Crippen LogP contribution in [0.3, 0.4) is 0 Å². The summed E-state index contributed by atoms with van der Waals surface area (Å²) >= 11 is 5.78. The number of methoxy groups -OCH3 is 1. The van der Waals surface area contributed by atoms with Crippen LogP contribution in [-0.2, 0) is 33.5 Å². The summed E-state index contributed by atoms with van der Waals surface area (Å²) in [7, 11) is 1.70. The van der Waals surface area contributed by atoms with Crippen LogP contribution in [0, 0.1) is 97.3 Å². The van der Waals surface area contributed by atoms with Gasteiger partial charge in [0.1, 0.15) is 17.4 Å². The highest BCUT2D eigenvalue weighted by Crippen LogP contribution is 2.56. The molecule has 0 N–H and O–H groups in total. The van der Waals surface area contributed by atoms with Crippen LogP contribution in [0.5, 0.6) is 17.2 Å². The maximum absolute atomic E-state index is 13.1. The number of aromatic nitrogens is 1.